The van der Waals surface area contributed by atoms with Gasteiger partial charge in [-0.3, -0.25) is 0 Å². The molecular weight excluding hydrogens is 274 g/mol. The summed E-state index contributed by atoms with van der Waals surface area (Å²) in [7, 11) is 0. The number of unbranched alkanes of at least 4 members (excludes halogenated alkanes) is 10. The lowest BCUT2D eigenvalue weighted by atomic mass is 10.0. The number of rotatable bonds is 15. The van der Waals surface area contributed by atoms with E-state index in [1.54, 1.807) is 6.92 Å². The number of aliphatic hydroxyl groups excluding tert-OH is 2. The minimum absolute atomic E-state index is 0. The Balaban J connectivity index is 0. The largest absolute Gasteiger partial charge is 0.393 e. The Labute approximate surface area is 139 Å². The minimum atomic E-state index is -0.576. The highest BCUT2D eigenvalue weighted by Gasteiger charge is 2.14. The molecule has 0 rings (SSSR count). The van der Waals surface area contributed by atoms with Crippen molar-refractivity contribution in [2.45, 2.75) is 123 Å². The summed E-state index contributed by atoms with van der Waals surface area (Å²) in [6, 6.07) is -0.253. The van der Waals surface area contributed by atoms with Crippen LogP contribution < -0.4 is 5.73 Å². The third kappa shape index (κ3) is 16.3. The molecule has 0 aliphatic carbocycles. The van der Waals surface area contributed by atoms with Crippen molar-refractivity contribution in [3.63, 3.8) is 0 Å². The zero-order valence-corrected chi connectivity index (χ0v) is 14.4. The molecule has 22 heavy (non-hydrogen) atoms. The maximum absolute atomic E-state index is 9.80. The van der Waals surface area contributed by atoms with Crippen LogP contribution in [0.5, 0.6) is 0 Å². The van der Waals surface area contributed by atoms with E-state index in [4.69, 9.17) is 5.73 Å². The van der Waals surface area contributed by atoms with Crippen LogP contribution in [0, 0.1) is 0 Å². The zero-order chi connectivity index (χ0) is 15.9. The second-order valence-corrected chi connectivity index (χ2v) is 6.64. The second kappa shape index (κ2) is 17.2. The molecule has 0 fully saturated rings. The van der Waals surface area contributed by atoms with E-state index in [0.717, 1.165) is 12.8 Å². The van der Waals surface area contributed by atoms with E-state index in [9.17, 15) is 10.2 Å². The van der Waals surface area contributed by atoms with Gasteiger partial charge in [0.15, 0.2) is 0 Å². The fourth-order valence-corrected chi connectivity index (χ4v) is 2.66. The lowest BCUT2D eigenvalue weighted by Gasteiger charge is -2.18. The van der Waals surface area contributed by atoms with Gasteiger partial charge in [-0.15, -0.1) is 0 Å². The molecule has 0 aromatic carbocycles. The number of nitrogens with two attached hydrogens (primary N) is 1. The minimum Gasteiger partial charge on any atom is -0.393 e. The van der Waals surface area contributed by atoms with Crippen molar-refractivity contribution < 1.29 is 10.2 Å². The van der Waals surface area contributed by atoms with Gasteiger partial charge < -0.3 is 15.9 Å². The molecule has 0 spiro atoms. The molecule has 0 amide bonds. The molecule has 0 radical (unpaired) electrons. The Morgan fingerprint density at radius 3 is 1.59 bits per heavy atom. The molecule has 0 aromatic rings. The summed E-state index contributed by atoms with van der Waals surface area (Å²) in [5.41, 5.74) is 5.58. The van der Waals surface area contributed by atoms with E-state index < -0.39 is 12.2 Å². The molecule has 0 aliphatic heterocycles. The summed E-state index contributed by atoms with van der Waals surface area (Å²) in [4.78, 5) is 0. The molecule has 4 N–H and O–H groups in total. The maximum atomic E-state index is 9.80. The van der Waals surface area contributed by atoms with Crippen LogP contribution in [-0.2, 0) is 0 Å². The first-order valence-corrected chi connectivity index (χ1v) is 9.19. The molecule has 3 nitrogen and oxygen atoms in total. The first kappa shape index (κ1) is 24.1. The lowest BCUT2D eigenvalue weighted by molar-refractivity contribution is 0.0629. The van der Waals surface area contributed by atoms with Crippen molar-refractivity contribution in [3.8, 4) is 0 Å². The van der Waals surface area contributed by atoms with Crippen LogP contribution in [0.4, 0.5) is 0 Å². The van der Waals surface area contributed by atoms with Gasteiger partial charge in [0.2, 0.25) is 0 Å². The van der Waals surface area contributed by atoms with Gasteiger partial charge in [0.05, 0.1) is 12.2 Å². The molecule has 3 atom stereocenters. The first-order chi connectivity index (χ1) is 10.1. The van der Waals surface area contributed by atoms with E-state index >= 15 is 0 Å². The standard InChI is InChI=1S/C18H39NO2.CH4/c1-3-4-5-6-7-8-9-10-11-12-13-14-17(20)15-18(21)16(2)19;/h16-18,20-21H,3-15,19H2,1-2H3;1H4/t16-,17-,18-;/m0./s1. The van der Waals surface area contributed by atoms with Crippen molar-refractivity contribution in [3.05, 3.63) is 0 Å². The molecular formula is C19H43NO2. The van der Waals surface area contributed by atoms with E-state index in [0.29, 0.717) is 6.42 Å². The van der Waals surface area contributed by atoms with Crippen LogP contribution in [0.1, 0.15) is 105 Å². The fraction of sp³-hybridized carbons (Fsp3) is 1.00. The summed E-state index contributed by atoms with van der Waals surface area (Å²) in [6.45, 7) is 4.04. The van der Waals surface area contributed by atoms with Crippen LogP contribution >= 0.6 is 0 Å². The molecule has 0 saturated heterocycles. The highest BCUT2D eigenvalue weighted by molar-refractivity contribution is 4.70. The predicted molar refractivity (Wildman–Crippen MR) is 98.1 cm³/mol. The topological polar surface area (TPSA) is 66.5 Å². The normalized spacial score (nSPS) is 15.1. The molecule has 0 heterocycles. The van der Waals surface area contributed by atoms with E-state index in [1.807, 2.05) is 0 Å². The van der Waals surface area contributed by atoms with E-state index in [1.165, 1.54) is 64.2 Å². The Bertz CT molecular complexity index is 210. The van der Waals surface area contributed by atoms with Crippen LogP contribution in [0.15, 0.2) is 0 Å². The lowest BCUT2D eigenvalue weighted by Crippen LogP contribution is -2.34. The van der Waals surface area contributed by atoms with Crippen molar-refractivity contribution in [1.29, 1.82) is 0 Å². The molecule has 0 aromatic heterocycles. The maximum Gasteiger partial charge on any atom is 0.0712 e. The molecule has 0 saturated carbocycles. The van der Waals surface area contributed by atoms with Crippen molar-refractivity contribution in [2.75, 3.05) is 0 Å². The van der Waals surface area contributed by atoms with Crippen molar-refractivity contribution in [2.24, 2.45) is 5.73 Å². The van der Waals surface area contributed by atoms with Crippen LogP contribution in [0.2, 0.25) is 0 Å². The third-order valence-electron chi connectivity index (χ3n) is 4.26. The van der Waals surface area contributed by atoms with Gasteiger partial charge in [-0.2, -0.15) is 0 Å². The van der Waals surface area contributed by atoms with Crippen LogP contribution in [0.3, 0.4) is 0 Å². The Morgan fingerprint density at radius 2 is 1.18 bits per heavy atom. The fourth-order valence-electron chi connectivity index (χ4n) is 2.66. The second-order valence-electron chi connectivity index (χ2n) is 6.64. The average Bonchev–Trinajstić information content (AvgIpc) is 2.44. The number of hydrogen-bond donors (Lipinski definition) is 3. The predicted octanol–water partition coefficient (Wildman–Crippen LogP) is 4.78. The number of aliphatic hydroxyl groups is 2. The molecule has 0 unspecified atom stereocenters. The first-order valence-electron chi connectivity index (χ1n) is 9.19. The summed E-state index contributed by atoms with van der Waals surface area (Å²) >= 11 is 0. The monoisotopic (exact) mass is 317 g/mol. The van der Waals surface area contributed by atoms with Gasteiger partial charge >= 0.3 is 0 Å². The average molecular weight is 318 g/mol. The summed E-state index contributed by atoms with van der Waals surface area (Å²) in [5.74, 6) is 0. The zero-order valence-electron chi connectivity index (χ0n) is 14.4. The smallest absolute Gasteiger partial charge is 0.0712 e. The number of hydrogen-bond acceptors (Lipinski definition) is 3. The van der Waals surface area contributed by atoms with Crippen molar-refractivity contribution >= 4 is 0 Å². The van der Waals surface area contributed by atoms with E-state index in [2.05, 4.69) is 6.92 Å². The molecule has 0 bridgehead atoms. The van der Waals surface area contributed by atoms with Gasteiger partial charge in [-0.1, -0.05) is 85.0 Å². The highest BCUT2D eigenvalue weighted by atomic mass is 16.3. The van der Waals surface area contributed by atoms with Crippen LogP contribution in [0.25, 0.3) is 0 Å². The van der Waals surface area contributed by atoms with Gasteiger partial charge in [-0.05, 0) is 13.3 Å². The quantitative estimate of drug-likeness (QED) is 0.381. The summed E-state index contributed by atoms with van der Waals surface area (Å²) < 4.78 is 0. The van der Waals surface area contributed by atoms with Gasteiger partial charge in [0.1, 0.15) is 0 Å². The Hall–Kier alpha value is -0.120. The van der Waals surface area contributed by atoms with Crippen molar-refractivity contribution in [1.82, 2.24) is 0 Å². The highest BCUT2D eigenvalue weighted by Crippen LogP contribution is 2.14. The van der Waals surface area contributed by atoms with Gasteiger partial charge in [0.25, 0.3) is 0 Å². The summed E-state index contributed by atoms with van der Waals surface area (Å²) in [5, 5.41) is 19.4. The Kier molecular flexibility index (Phi) is 18.9. The summed E-state index contributed by atoms with van der Waals surface area (Å²) in [6.07, 6.45) is 14.7. The van der Waals surface area contributed by atoms with Crippen LogP contribution in [-0.4, -0.2) is 28.5 Å². The molecule has 136 valence electrons. The third-order valence-corrected chi connectivity index (χ3v) is 4.26. The van der Waals surface area contributed by atoms with Gasteiger partial charge in [0, 0.05) is 12.5 Å². The SMILES string of the molecule is C.CCCCCCCCCCCCC[C@H](O)C[C@H](O)[C@H](C)N. The molecule has 0 aliphatic rings. The van der Waals surface area contributed by atoms with Gasteiger partial charge in [-0.25, -0.2) is 0 Å². The van der Waals surface area contributed by atoms with E-state index in [-0.39, 0.29) is 13.5 Å². The molecule has 3 heteroatoms. The Morgan fingerprint density at radius 1 is 0.773 bits per heavy atom.